The summed E-state index contributed by atoms with van der Waals surface area (Å²) in [5, 5.41) is 2.65. The Morgan fingerprint density at radius 2 is 1.44 bits per heavy atom. The Morgan fingerprint density at radius 1 is 0.781 bits per heavy atom. The minimum absolute atomic E-state index is 0.291. The van der Waals surface area contributed by atoms with E-state index < -0.39 is 0 Å². The summed E-state index contributed by atoms with van der Waals surface area (Å²) in [5.74, 6) is 0.935. The molecule has 0 saturated heterocycles. The van der Waals surface area contributed by atoms with Crippen molar-refractivity contribution < 1.29 is 4.74 Å². The Bertz CT molecular complexity index is 1400. The van der Waals surface area contributed by atoms with Gasteiger partial charge < -0.3 is 14.2 Å². The summed E-state index contributed by atoms with van der Waals surface area (Å²) in [5.41, 5.74) is 7.59. The van der Waals surface area contributed by atoms with Crippen LogP contribution < -0.4 is 9.64 Å². The number of fused-ring (bicyclic) bond motifs is 4. The maximum Gasteiger partial charge on any atom is 0.123 e. The highest BCUT2D eigenvalue weighted by atomic mass is 16.5. The fourth-order valence-electron chi connectivity index (χ4n) is 5.34. The molecule has 0 bridgehead atoms. The van der Waals surface area contributed by atoms with Crippen LogP contribution in [0.3, 0.4) is 0 Å². The van der Waals surface area contributed by atoms with Gasteiger partial charge >= 0.3 is 0 Å². The lowest BCUT2D eigenvalue weighted by atomic mass is 9.95. The highest BCUT2D eigenvalue weighted by Gasteiger charge is 2.29. The molecule has 6 rings (SSSR count). The molecule has 0 radical (unpaired) electrons. The highest BCUT2D eigenvalue weighted by Crippen LogP contribution is 2.44. The smallest absolute Gasteiger partial charge is 0.123 e. The van der Waals surface area contributed by atoms with Crippen LogP contribution in [0.5, 0.6) is 5.75 Å². The topological polar surface area (TPSA) is 17.4 Å². The Balaban J connectivity index is 1.53. The third-order valence-electron chi connectivity index (χ3n) is 6.85. The van der Waals surface area contributed by atoms with Gasteiger partial charge in [-0.25, -0.2) is 0 Å². The van der Waals surface area contributed by atoms with Gasteiger partial charge in [0.05, 0.1) is 13.2 Å². The van der Waals surface area contributed by atoms with E-state index in [1.54, 1.807) is 7.11 Å². The third-order valence-corrected chi connectivity index (χ3v) is 6.85. The first kappa shape index (κ1) is 19.0. The molecule has 0 fully saturated rings. The molecule has 1 aliphatic rings. The Kier molecular flexibility index (Phi) is 4.43. The summed E-state index contributed by atoms with van der Waals surface area (Å²) >= 11 is 0. The zero-order valence-corrected chi connectivity index (χ0v) is 18.5. The van der Waals surface area contributed by atoms with E-state index >= 15 is 0 Å². The van der Waals surface area contributed by atoms with Gasteiger partial charge in [0.25, 0.3) is 0 Å². The summed E-state index contributed by atoms with van der Waals surface area (Å²) in [6.07, 6.45) is 1.04. The van der Waals surface area contributed by atoms with Gasteiger partial charge in [-0.15, -0.1) is 0 Å². The first-order chi connectivity index (χ1) is 15.8. The lowest BCUT2D eigenvalue weighted by Crippen LogP contribution is -2.29. The zero-order chi connectivity index (χ0) is 21.7. The van der Waals surface area contributed by atoms with Crippen LogP contribution in [0.1, 0.15) is 23.6 Å². The molecule has 3 nitrogen and oxygen atoms in total. The van der Waals surface area contributed by atoms with Crippen molar-refractivity contribution in [1.29, 1.82) is 0 Å². The number of nitrogens with zero attached hydrogens (tertiary/aromatic N) is 2. The molecule has 1 atom stereocenters. The summed E-state index contributed by atoms with van der Waals surface area (Å²) in [6.45, 7) is 3.04. The Labute approximate surface area is 188 Å². The van der Waals surface area contributed by atoms with Gasteiger partial charge in [0.1, 0.15) is 5.75 Å². The molecule has 3 heteroatoms. The number of aromatic nitrogens is 1. The van der Waals surface area contributed by atoms with Crippen molar-refractivity contribution in [1.82, 2.24) is 4.57 Å². The molecule has 5 aromatic rings. The van der Waals surface area contributed by atoms with Crippen LogP contribution in [0, 0.1) is 6.92 Å². The molecule has 32 heavy (non-hydrogen) atoms. The van der Waals surface area contributed by atoms with Gasteiger partial charge in [-0.3, -0.25) is 0 Å². The summed E-state index contributed by atoms with van der Waals surface area (Å²) < 4.78 is 8.16. The molecule has 0 N–H and O–H groups in total. The Hall–Kier alpha value is -3.72. The number of rotatable bonds is 3. The first-order valence-electron chi connectivity index (χ1n) is 11.2. The van der Waals surface area contributed by atoms with Crippen molar-refractivity contribution in [3.8, 4) is 5.75 Å². The number of aryl methyl sites for hydroxylation is 1. The van der Waals surface area contributed by atoms with Crippen molar-refractivity contribution in [3.05, 3.63) is 102 Å². The zero-order valence-electron chi connectivity index (χ0n) is 18.5. The van der Waals surface area contributed by atoms with Gasteiger partial charge in [-0.2, -0.15) is 0 Å². The first-order valence-corrected chi connectivity index (χ1v) is 11.2. The van der Waals surface area contributed by atoms with Gasteiger partial charge in [-0.1, -0.05) is 60.7 Å². The van der Waals surface area contributed by atoms with E-state index in [1.807, 2.05) is 0 Å². The number of hydrogen-bond donors (Lipinski definition) is 0. The number of methoxy groups -OCH3 is 1. The van der Waals surface area contributed by atoms with Crippen LogP contribution >= 0.6 is 0 Å². The SMILES string of the molecule is COc1cc(N2CCC(n3c4ccccc4c4ccccc43)c3ccccc32)ccc1C. The lowest BCUT2D eigenvalue weighted by Gasteiger charge is -2.37. The van der Waals surface area contributed by atoms with Crippen LogP contribution in [0.15, 0.2) is 91.0 Å². The molecule has 0 amide bonds. The van der Waals surface area contributed by atoms with Crippen LogP contribution in [0.2, 0.25) is 0 Å². The number of anilines is 2. The lowest BCUT2D eigenvalue weighted by molar-refractivity contribution is 0.411. The Morgan fingerprint density at radius 3 is 2.16 bits per heavy atom. The minimum atomic E-state index is 0.291. The summed E-state index contributed by atoms with van der Waals surface area (Å²) in [4.78, 5) is 2.43. The van der Waals surface area contributed by atoms with Crippen molar-refractivity contribution in [3.63, 3.8) is 0 Å². The molecule has 2 heterocycles. The fourth-order valence-corrected chi connectivity index (χ4v) is 5.34. The van der Waals surface area contributed by atoms with Crippen molar-refractivity contribution >= 4 is 33.2 Å². The van der Waals surface area contributed by atoms with Gasteiger partial charge in [0.15, 0.2) is 0 Å². The van der Waals surface area contributed by atoms with Crippen molar-refractivity contribution in [2.75, 3.05) is 18.6 Å². The second-order valence-corrected chi connectivity index (χ2v) is 8.57. The van der Waals surface area contributed by atoms with Crippen molar-refractivity contribution in [2.45, 2.75) is 19.4 Å². The van der Waals surface area contributed by atoms with Gasteiger partial charge in [0, 0.05) is 45.8 Å². The average Bonchev–Trinajstić information content (AvgIpc) is 3.18. The maximum absolute atomic E-state index is 5.61. The fraction of sp³-hybridized carbons (Fsp3) is 0.172. The predicted molar refractivity (Wildman–Crippen MR) is 133 cm³/mol. The monoisotopic (exact) mass is 418 g/mol. The molecule has 1 aliphatic heterocycles. The van der Waals surface area contributed by atoms with E-state index in [4.69, 9.17) is 4.74 Å². The molecular weight excluding hydrogens is 392 g/mol. The molecule has 0 aliphatic carbocycles. The maximum atomic E-state index is 5.61. The number of ether oxygens (including phenoxy) is 1. The van der Waals surface area contributed by atoms with E-state index in [0.717, 1.165) is 24.3 Å². The van der Waals surface area contributed by atoms with Gasteiger partial charge in [0.2, 0.25) is 0 Å². The van der Waals surface area contributed by atoms with Gasteiger partial charge in [-0.05, 0) is 48.7 Å². The van der Waals surface area contributed by atoms with E-state index in [0.29, 0.717) is 6.04 Å². The molecule has 1 unspecified atom stereocenters. The quantitative estimate of drug-likeness (QED) is 0.307. The van der Waals surface area contributed by atoms with Crippen LogP contribution in [0.4, 0.5) is 11.4 Å². The van der Waals surface area contributed by atoms with Crippen molar-refractivity contribution in [2.24, 2.45) is 0 Å². The summed E-state index contributed by atoms with van der Waals surface area (Å²) in [6, 6.07) is 33.2. The summed E-state index contributed by atoms with van der Waals surface area (Å²) in [7, 11) is 1.74. The van der Waals surface area contributed by atoms with Crippen LogP contribution in [-0.2, 0) is 0 Å². The van der Waals surface area contributed by atoms with E-state index in [9.17, 15) is 0 Å². The molecule has 0 spiro atoms. The highest BCUT2D eigenvalue weighted by molar-refractivity contribution is 6.08. The second kappa shape index (κ2) is 7.45. The van der Waals surface area contributed by atoms with E-state index in [1.165, 1.54) is 38.7 Å². The largest absolute Gasteiger partial charge is 0.496 e. The number of hydrogen-bond acceptors (Lipinski definition) is 2. The number of benzene rings is 4. The minimum Gasteiger partial charge on any atom is -0.496 e. The average molecular weight is 419 g/mol. The standard InChI is InChI=1S/C29H26N2O/c1-20-15-16-21(19-29(20)32-2)30-18-17-28(24-11-5-6-12-25(24)30)31-26-13-7-3-9-22(26)23-10-4-8-14-27(23)31/h3-16,19,28H,17-18H2,1-2H3. The molecule has 1 aromatic heterocycles. The van der Waals surface area contributed by atoms with Crippen LogP contribution in [-0.4, -0.2) is 18.2 Å². The normalized spacial score (nSPS) is 15.8. The predicted octanol–water partition coefficient (Wildman–Crippen LogP) is 7.24. The molecule has 0 saturated carbocycles. The second-order valence-electron chi connectivity index (χ2n) is 8.57. The van der Waals surface area contributed by atoms with E-state index in [2.05, 4.69) is 107 Å². The number of para-hydroxylation sites is 3. The van der Waals surface area contributed by atoms with Crippen LogP contribution in [0.25, 0.3) is 21.8 Å². The molecular formula is C29H26N2O. The molecule has 4 aromatic carbocycles. The third kappa shape index (κ3) is 2.81. The molecule has 158 valence electrons. The van der Waals surface area contributed by atoms with E-state index in [-0.39, 0.29) is 0 Å².